The van der Waals surface area contributed by atoms with Crippen LogP contribution in [0.25, 0.3) is 0 Å². The summed E-state index contributed by atoms with van der Waals surface area (Å²) in [6, 6.07) is 5.49. The molecule has 0 aromatic heterocycles. The number of hydrogen-bond acceptors (Lipinski definition) is 3. The average molecular weight is 285 g/mol. The van der Waals surface area contributed by atoms with Crippen molar-refractivity contribution >= 4 is 35.0 Å². The number of anilines is 1. The fourth-order valence-corrected chi connectivity index (χ4v) is 3.42. The number of thioether (sulfide) groups is 1. The molecule has 5 heteroatoms. The highest BCUT2D eigenvalue weighted by atomic mass is 35.5. The second kappa shape index (κ2) is 5.85. The number of carbonyl (C=O) groups is 1. The van der Waals surface area contributed by atoms with Gasteiger partial charge in [-0.15, -0.1) is 0 Å². The van der Waals surface area contributed by atoms with Crippen LogP contribution in [0, 0.1) is 0 Å². The van der Waals surface area contributed by atoms with Crippen molar-refractivity contribution in [2.24, 2.45) is 5.73 Å². The SMILES string of the molecule is CC1SCCCC1Nc1cc(C(N)=O)ccc1Cl. The van der Waals surface area contributed by atoms with Gasteiger partial charge in [-0.3, -0.25) is 4.79 Å². The maximum absolute atomic E-state index is 11.2. The zero-order chi connectivity index (χ0) is 13.1. The van der Waals surface area contributed by atoms with Gasteiger partial charge in [0.05, 0.1) is 10.7 Å². The minimum Gasteiger partial charge on any atom is -0.380 e. The van der Waals surface area contributed by atoms with E-state index in [1.54, 1.807) is 18.2 Å². The van der Waals surface area contributed by atoms with Crippen molar-refractivity contribution in [3.8, 4) is 0 Å². The lowest BCUT2D eigenvalue weighted by molar-refractivity contribution is 0.100. The van der Waals surface area contributed by atoms with E-state index in [0.717, 1.165) is 12.1 Å². The zero-order valence-corrected chi connectivity index (χ0v) is 11.9. The van der Waals surface area contributed by atoms with Crippen molar-refractivity contribution in [2.45, 2.75) is 31.1 Å². The molecular formula is C13H17ClN2OS. The summed E-state index contributed by atoms with van der Waals surface area (Å²) >= 11 is 8.11. The number of hydrogen-bond donors (Lipinski definition) is 2. The van der Waals surface area contributed by atoms with Gasteiger partial charge in [0.1, 0.15) is 0 Å². The monoisotopic (exact) mass is 284 g/mol. The van der Waals surface area contributed by atoms with Crippen LogP contribution in [-0.2, 0) is 0 Å². The molecule has 2 atom stereocenters. The Kier molecular flexibility index (Phi) is 4.40. The van der Waals surface area contributed by atoms with Gasteiger partial charge in [-0.2, -0.15) is 11.8 Å². The van der Waals surface area contributed by atoms with E-state index >= 15 is 0 Å². The molecule has 1 aliphatic rings. The van der Waals surface area contributed by atoms with Crippen molar-refractivity contribution < 1.29 is 4.79 Å². The van der Waals surface area contributed by atoms with Crippen LogP contribution < -0.4 is 11.1 Å². The van der Waals surface area contributed by atoms with Gasteiger partial charge in [0.15, 0.2) is 0 Å². The molecule has 1 heterocycles. The molecule has 1 aromatic rings. The quantitative estimate of drug-likeness (QED) is 0.896. The van der Waals surface area contributed by atoms with Crippen LogP contribution in [0.1, 0.15) is 30.1 Å². The van der Waals surface area contributed by atoms with E-state index in [-0.39, 0.29) is 0 Å². The number of primary amides is 1. The first-order valence-corrected chi connectivity index (χ1v) is 7.48. The van der Waals surface area contributed by atoms with Gasteiger partial charge in [0, 0.05) is 16.9 Å². The number of nitrogens with two attached hydrogens (primary N) is 1. The Morgan fingerprint density at radius 1 is 1.56 bits per heavy atom. The van der Waals surface area contributed by atoms with Gasteiger partial charge in [-0.05, 0) is 36.8 Å². The first-order chi connectivity index (χ1) is 8.58. The molecule has 3 N–H and O–H groups in total. The lowest BCUT2D eigenvalue weighted by atomic mass is 10.1. The molecule has 1 aromatic carbocycles. The van der Waals surface area contributed by atoms with Crippen LogP contribution in [0.4, 0.5) is 5.69 Å². The van der Waals surface area contributed by atoms with Crippen LogP contribution >= 0.6 is 23.4 Å². The van der Waals surface area contributed by atoms with Crippen LogP contribution in [0.5, 0.6) is 0 Å². The summed E-state index contributed by atoms with van der Waals surface area (Å²) in [7, 11) is 0. The third-order valence-electron chi connectivity index (χ3n) is 3.20. The van der Waals surface area contributed by atoms with Gasteiger partial charge >= 0.3 is 0 Å². The highest BCUT2D eigenvalue weighted by Crippen LogP contribution is 2.30. The normalized spacial score (nSPS) is 23.7. The van der Waals surface area contributed by atoms with Gasteiger partial charge in [-0.1, -0.05) is 18.5 Å². The fraction of sp³-hybridized carbons (Fsp3) is 0.462. The Labute approximate surface area is 116 Å². The molecule has 0 bridgehead atoms. The van der Waals surface area contributed by atoms with E-state index in [1.165, 1.54) is 12.2 Å². The van der Waals surface area contributed by atoms with Crippen molar-refractivity contribution in [3.05, 3.63) is 28.8 Å². The maximum atomic E-state index is 11.2. The van der Waals surface area contributed by atoms with Gasteiger partial charge in [0.2, 0.25) is 5.91 Å². The van der Waals surface area contributed by atoms with Crippen molar-refractivity contribution in [2.75, 3.05) is 11.1 Å². The number of amides is 1. The molecule has 1 aliphatic heterocycles. The largest absolute Gasteiger partial charge is 0.380 e. The molecule has 2 rings (SSSR count). The Hall–Kier alpha value is -0.870. The number of halogens is 1. The molecule has 18 heavy (non-hydrogen) atoms. The van der Waals surface area contributed by atoms with Crippen LogP contribution in [0.2, 0.25) is 5.02 Å². The fourth-order valence-electron chi connectivity index (χ4n) is 2.10. The van der Waals surface area contributed by atoms with Gasteiger partial charge in [0.25, 0.3) is 0 Å². The van der Waals surface area contributed by atoms with Crippen LogP contribution in [0.15, 0.2) is 18.2 Å². The molecular weight excluding hydrogens is 268 g/mol. The Bertz CT molecular complexity index is 453. The molecule has 2 unspecified atom stereocenters. The van der Waals surface area contributed by atoms with Crippen molar-refractivity contribution in [1.29, 1.82) is 0 Å². The number of nitrogens with one attached hydrogen (secondary N) is 1. The lowest BCUT2D eigenvalue weighted by Gasteiger charge is -2.30. The van der Waals surface area contributed by atoms with E-state index in [1.807, 2.05) is 11.8 Å². The second-order valence-electron chi connectivity index (χ2n) is 4.53. The summed E-state index contributed by atoms with van der Waals surface area (Å²) in [4.78, 5) is 11.2. The Balaban J connectivity index is 2.17. The number of rotatable bonds is 3. The highest BCUT2D eigenvalue weighted by molar-refractivity contribution is 8.00. The molecule has 3 nitrogen and oxygen atoms in total. The first-order valence-electron chi connectivity index (χ1n) is 6.05. The zero-order valence-electron chi connectivity index (χ0n) is 10.3. The summed E-state index contributed by atoms with van der Waals surface area (Å²) in [6.45, 7) is 2.22. The summed E-state index contributed by atoms with van der Waals surface area (Å²) in [6.07, 6.45) is 2.34. The number of benzene rings is 1. The molecule has 1 saturated heterocycles. The van der Waals surface area contributed by atoms with Crippen LogP contribution in [0.3, 0.4) is 0 Å². The first kappa shape index (κ1) is 13.6. The summed E-state index contributed by atoms with van der Waals surface area (Å²) in [5, 5.41) is 4.61. The van der Waals surface area contributed by atoms with E-state index in [9.17, 15) is 4.79 Å². The van der Waals surface area contributed by atoms with Gasteiger partial charge in [-0.25, -0.2) is 0 Å². The molecule has 98 valence electrons. The molecule has 0 saturated carbocycles. The predicted molar refractivity (Wildman–Crippen MR) is 78.5 cm³/mol. The Morgan fingerprint density at radius 2 is 2.33 bits per heavy atom. The predicted octanol–water partition coefficient (Wildman–Crippen LogP) is 3.13. The molecule has 0 aliphatic carbocycles. The summed E-state index contributed by atoms with van der Waals surface area (Å²) < 4.78 is 0. The molecule has 1 amide bonds. The van der Waals surface area contributed by atoms with E-state index in [2.05, 4.69) is 12.2 Å². The topological polar surface area (TPSA) is 55.1 Å². The third-order valence-corrected chi connectivity index (χ3v) is 4.91. The molecule has 1 fully saturated rings. The second-order valence-corrected chi connectivity index (χ2v) is 6.42. The third kappa shape index (κ3) is 3.12. The molecule has 0 spiro atoms. The van der Waals surface area contributed by atoms with E-state index < -0.39 is 5.91 Å². The minimum absolute atomic E-state index is 0.393. The van der Waals surface area contributed by atoms with Crippen molar-refractivity contribution in [1.82, 2.24) is 0 Å². The van der Waals surface area contributed by atoms with E-state index in [4.69, 9.17) is 17.3 Å². The molecule has 0 radical (unpaired) electrons. The number of carbonyl (C=O) groups excluding carboxylic acids is 1. The summed E-state index contributed by atoms with van der Waals surface area (Å²) in [5.74, 6) is 0.787. The smallest absolute Gasteiger partial charge is 0.248 e. The summed E-state index contributed by atoms with van der Waals surface area (Å²) in [5.41, 5.74) is 6.56. The van der Waals surface area contributed by atoms with Crippen molar-refractivity contribution in [3.63, 3.8) is 0 Å². The highest BCUT2D eigenvalue weighted by Gasteiger charge is 2.22. The standard InChI is InChI=1S/C13H17ClN2OS/c1-8-11(3-2-6-18-8)16-12-7-9(13(15)17)4-5-10(12)14/h4-5,7-8,11,16H,2-3,6H2,1H3,(H2,15,17). The van der Waals surface area contributed by atoms with Crippen LogP contribution in [-0.4, -0.2) is 23.0 Å². The Morgan fingerprint density at radius 3 is 3.00 bits per heavy atom. The minimum atomic E-state index is -0.430. The van der Waals surface area contributed by atoms with Gasteiger partial charge < -0.3 is 11.1 Å². The average Bonchev–Trinajstić information content (AvgIpc) is 2.34. The van der Waals surface area contributed by atoms with E-state index in [0.29, 0.717) is 21.9 Å². The lowest BCUT2D eigenvalue weighted by Crippen LogP contribution is -2.33. The maximum Gasteiger partial charge on any atom is 0.248 e.